The van der Waals surface area contributed by atoms with Crippen LogP contribution in [0.2, 0.25) is 5.02 Å². The van der Waals surface area contributed by atoms with E-state index in [2.05, 4.69) is 4.98 Å². The highest BCUT2D eigenvalue weighted by molar-refractivity contribution is 6.31. The molecule has 3 heterocycles. The molecule has 0 radical (unpaired) electrons. The molecule has 0 unspecified atom stereocenters. The Bertz CT molecular complexity index is 769. The van der Waals surface area contributed by atoms with Gasteiger partial charge >= 0.3 is 0 Å². The molecule has 1 saturated heterocycles. The molecule has 0 aromatic carbocycles. The van der Waals surface area contributed by atoms with Crippen molar-refractivity contribution < 1.29 is 9.53 Å². The lowest BCUT2D eigenvalue weighted by Gasteiger charge is -2.38. The average molecular weight is 320 g/mol. The maximum atomic E-state index is 12.3. The van der Waals surface area contributed by atoms with E-state index in [1.165, 1.54) is 10.6 Å². The van der Waals surface area contributed by atoms with E-state index < -0.39 is 0 Å². The van der Waals surface area contributed by atoms with Crippen LogP contribution in [0.5, 0.6) is 5.88 Å². The van der Waals surface area contributed by atoms with Crippen LogP contribution >= 0.6 is 11.6 Å². The highest BCUT2D eigenvalue weighted by Gasteiger charge is 2.34. The number of pyridine rings is 2. The number of halogens is 1. The average Bonchev–Trinajstić information content (AvgIpc) is 2.46. The van der Waals surface area contributed by atoms with Crippen LogP contribution in [-0.2, 0) is 7.05 Å². The summed E-state index contributed by atoms with van der Waals surface area (Å²) in [5.74, 6) is 0.0741. The van der Waals surface area contributed by atoms with Crippen LogP contribution in [0.1, 0.15) is 10.4 Å². The molecule has 7 heteroatoms. The first-order valence-electron chi connectivity index (χ1n) is 6.78. The van der Waals surface area contributed by atoms with Gasteiger partial charge in [-0.25, -0.2) is 4.98 Å². The quantitative estimate of drug-likeness (QED) is 0.856. The lowest BCUT2D eigenvalue weighted by Crippen LogP contribution is -2.57. The van der Waals surface area contributed by atoms with Gasteiger partial charge in [0.05, 0.1) is 13.1 Å². The van der Waals surface area contributed by atoms with Gasteiger partial charge in [-0.05, 0) is 24.3 Å². The van der Waals surface area contributed by atoms with Crippen molar-refractivity contribution in [1.82, 2.24) is 14.5 Å². The third-order valence-electron chi connectivity index (χ3n) is 3.49. The van der Waals surface area contributed by atoms with Crippen LogP contribution in [0.4, 0.5) is 0 Å². The van der Waals surface area contributed by atoms with Gasteiger partial charge in [0.2, 0.25) is 5.88 Å². The highest BCUT2D eigenvalue weighted by atomic mass is 35.5. The van der Waals surface area contributed by atoms with Crippen molar-refractivity contribution in [2.24, 2.45) is 7.05 Å². The van der Waals surface area contributed by atoms with E-state index in [1.807, 2.05) is 0 Å². The number of carbonyl (C=O) groups excluding carboxylic acids is 1. The fourth-order valence-electron chi connectivity index (χ4n) is 2.22. The fourth-order valence-corrected chi connectivity index (χ4v) is 2.39. The summed E-state index contributed by atoms with van der Waals surface area (Å²) in [5.41, 5.74) is -0.135. The normalized spacial score (nSPS) is 14.5. The molecule has 0 N–H and O–H groups in total. The van der Waals surface area contributed by atoms with Crippen LogP contribution in [0.3, 0.4) is 0 Å². The van der Waals surface area contributed by atoms with Gasteiger partial charge in [-0.1, -0.05) is 11.6 Å². The van der Waals surface area contributed by atoms with Crippen molar-refractivity contribution in [2.75, 3.05) is 13.1 Å². The predicted octanol–water partition coefficient (Wildman–Crippen LogP) is 1.34. The number of nitrogens with zero attached hydrogens (tertiary/aromatic N) is 3. The zero-order chi connectivity index (χ0) is 15.7. The lowest BCUT2D eigenvalue weighted by molar-refractivity contribution is 0.0159. The minimum atomic E-state index is -0.301. The Morgan fingerprint density at radius 3 is 2.86 bits per heavy atom. The van der Waals surface area contributed by atoms with Crippen LogP contribution < -0.4 is 10.3 Å². The summed E-state index contributed by atoms with van der Waals surface area (Å²) in [6, 6.07) is 6.63. The summed E-state index contributed by atoms with van der Waals surface area (Å²) in [6.07, 6.45) is 3.05. The molecule has 1 fully saturated rings. The summed E-state index contributed by atoms with van der Waals surface area (Å²) in [7, 11) is 1.62. The van der Waals surface area contributed by atoms with E-state index >= 15 is 0 Å². The first kappa shape index (κ1) is 14.6. The van der Waals surface area contributed by atoms with Crippen LogP contribution in [0.25, 0.3) is 0 Å². The maximum Gasteiger partial charge on any atom is 0.263 e. The SMILES string of the molecule is Cn1cccc(C(=O)N2CC(Oc3ncccc3Cl)C2)c1=O. The van der Waals surface area contributed by atoms with E-state index in [0.717, 1.165) is 0 Å². The summed E-state index contributed by atoms with van der Waals surface area (Å²) >= 11 is 5.97. The molecule has 3 rings (SSSR count). The Morgan fingerprint density at radius 1 is 1.36 bits per heavy atom. The standard InChI is InChI=1S/C15H14ClN3O3/c1-18-7-3-4-11(14(18)20)15(21)19-8-10(9-19)22-13-12(16)5-2-6-17-13/h2-7,10H,8-9H2,1H3. The molecule has 22 heavy (non-hydrogen) atoms. The summed E-state index contributed by atoms with van der Waals surface area (Å²) in [6.45, 7) is 0.813. The Balaban J connectivity index is 1.64. The molecule has 0 saturated carbocycles. The van der Waals surface area contributed by atoms with Gasteiger partial charge in [0.25, 0.3) is 11.5 Å². The van der Waals surface area contributed by atoms with E-state index in [-0.39, 0.29) is 23.1 Å². The number of carbonyl (C=O) groups is 1. The fraction of sp³-hybridized carbons (Fsp3) is 0.267. The monoisotopic (exact) mass is 319 g/mol. The molecule has 0 atom stereocenters. The van der Waals surface area contributed by atoms with Gasteiger partial charge < -0.3 is 14.2 Å². The molecule has 6 nitrogen and oxygen atoms in total. The number of hydrogen-bond donors (Lipinski definition) is 0. The van der Waals surface area contributed by atoms with Crippen molar-refractivity contribution in [3.8, 4) is 5.88 Å². The van der Waals surface area contributed by atoms with Gasteiger partial charge in [-0.15, -0.1) is 0 Å². The minimum Gasteiger partial charge on any atom is -0.470 e. The number of rotatable bonds is 3. The summed E-state index contributed by atoms with van der Waals surface area (Å²) in [4.78, 5) is 29.8. The second-order valence-electron chi connectivity index (χ2n) is 5.08. The van der Waals surface area contributed by atoms with Crippen molar-refractivity contribution in [1.29, 1.82) is 0 Å². The smallest absolute Gasteiger partial charge is 0.263 e. The van der Waals surface area contributed by atoms with Gasteiger partial charge in [0.1, 0.15) is 16.7 Å². The van der Waals surface area contributed by atoms with Gasteiger partial charge in [-0.2, -0.15) is 0 Å². The first-order valence-corrected chi connectivity index (χ1v) is 7.16. The summed E-state index contributed by atoms with van der Waals surface area (Å²) in [5, 5.41) is 0.434. The molecule has 1 aliphatic heterocycles. The van der Waals surface area contributed by atoms with Crippen LogP contribution in [0.15, 0.2) is 41.5 Å². The molecule has 1 amide bonds. The number of ether oxygens (including phenoxy) is 1. The molecule has 2 aromatic rings. The number of hydrogen-bond acceptors (Lipinski definition) is 4. The zero-order valence-corrected chi connectivity index (χ0v) is 12.7. The molecule has 0 aliphatic carbocycles. The van der Waals surface area contributed by atoms with E-state index in [0.29, 0.717) is 24.0 Å². The Hall–Kier alpha value is -2.34. The van der Waals surface area contributed by atoms with Crippen molar-refractivity contribution in [3.05, 3.63) is 57.6 Å². The molecular weight excluding hydrogens is 306 g/mol. The van der Waals surface area contributed by atoms with Gasteiger partial charge in [0, 0.05) is 19.4 Å². The number of aromatic nitrogens is 2. The molecule has 0 bridgehead atoms. The number of amides is 1. The Kier molecular flexibility index (Phi) is 3.85. The van der Waals surface area contributed by atoms with Gasteiger partial charge in [0.15, 0.2) is 0 Å². The third-order valence-corrected chi connectivity index (χ3v) is 3.78. The summed E-state index contributed by atoms with van der Waals surface area (Å²) < 4.78 is 7.01. The molecule has 0 spiro atoms. The van der Waals surface area contributed by atoms with E-state index in [4.69, 9.17) is 16.3 Å². The highest BCUT2D eigenvalue weighted by Crippen LogP contribution is 2.24. The number of aryl methyl sites for hydroxylation is 1. The topological polar surface area (TPSA) is 64.4 Å². The largest absolute Gasteiger partial charge is 0.470 e. The third kappa shape index (κ3) is 2.69. The van der Waals surface area contributed by atoms with Crippen molar-refractivity contribution >= 4 is 17.5 Å². The molecule has 2 aromatic heterocycles. The molecule has 1 aliphatic rings. The lowest BCUT2D eigenvalue weighted by atomic mass is 10.1. The molecular formula is C15H14ClN3O3. The number of likely N-dealkylation sites (tertiary alicyclic amines) is 1. The molecule has 114 valence electrons. The second kappa shape index (κ2) is 5.81. The van der Waals surface area contributed by atoms with Gasteiger partial charge in [-0.3, -0.25) is 9.59 Å². The second-order valence-corrected chi connectivity index (χ2v) is 5.49. The van der Waals surface area contributed by atoms with Crippen molar-refractivity contribution in [3.63, 3.8) is 0 Å². The first-order chi connectivity index (χ1) is 10.6. The van der Waals surface area contributed by atoms with Crippen molar-refractivity contribution in [2.45, 2.75) is 6.10 Å². The van der Waals surface area contributed by atoms with Crippen LogP contribution in [0, 0.1) is 0 Å². The van der Waals surface area contributed by atoms with E-state index in [9.17, 15) is 9.59 Å². The maximum absolute atomic E-state index is 12.3. The van der Waals surface area contributed by atoms with E-state index in [1.54, 1.807) is 42.5 Å². The minimum absolute atomic E-state index is 0.163. The predicted molar refractivity (Wildman–Crippen MR) is 81.2 cm³/mol. The zero-order valence-electron chi connectivity index (χ0n) is 11.9. The Morgan fingerprint density at radius 2 is 2.14 bits per heavy atom. The van der Waals surface area contributed by atoms with Crippen LogP contribution in [-0.4, -0.2) is 39.6 Å². The Labute approximate surface area is 131 Å².